The average molecular weight is 452 g/mol. The molecule has 0 radical (unpaired) electrons. The molecule has 1 heterocycles. The van der Waals surface area contributed by atoms with Gasteiger partial charge in [0, 0.05) is 11.8 Å². The zero-order chi connectivity index (χ0) is 21.6. The van der Waals surface area contributed by atoms with Crippen LogP contribution in [0.25, 0.3) is 0 Å². The molecule has 0 saturated carbocycles. The summed E-state index contributed by atoms with van der Waals surface area (Å²) < 4.78 is 7.45. The van der Waals surface area contributed by atoms with Gasteiger partial charge < -0.3 is 10.1 Å². The largest absolute Gasteiger partial charge is 0.487 e. The summed E-state index contributed by atoms with van der Waals surface area (Å²) in [7, 11) is 0. The Balaban J connectivity index is 1.42. The third-order valence-corrected chi connectivity index (χ3v) is 5.15. The number of amides is 1. The van der Waals surface area contributed by atoms with Gasteiger partial charge in [-0.15, -0.1) is 0 Å². The fraction of sp³-hybridized carbons (Fsp3) is 0.0833. The Morgan fingerprint density at radius 3 is 2.45 bits per heavy atom. The topological polar surface area (TPSA) is 56.2 Å². The van der Waals surface area contributed by atoms with E-state index in [4.69, 9.17) is 27.9 Å². The zero-order valence-corrected chi connectivity index (χ0v) is 18.0. The van der Waals surface area contributed by atoms with Crippen LogP contribution in [0, 0.1) is 0 Å². The summed E-state index contributed by atoms with van der Waals surface area (Å²) in [5.74, 6) is 0.613. The fourth-order valence-electron chi connectivity index (χ4n) is 3.04. The number of benzene rings is 3. The molecule has 0 aliphatic rings. The SMILES string of the molecule is O=C(Nc1nn(Cc2ccccc2)cc1Cl)c1cccc(COc2ccccc2Cl)c1. The van der Waals surface area contributed by atoms with Crippen LogP contribution < -0.4 is 10.1 Å². The van der Waals surface area contributed by atoms with Crippen molar-refractivity contribution in [3.63, 3.8) is 0 Å². The number of carbonyl (C=O) groups excluding carboxylic acids is 1. The van der Waals surface area contributed by atoms with Crippen molar-refractivity contribution in [2.75, 3.05) is 5.32 Å². The minimum absolute atomic E-state index is 0.289. The quantitative estimate of drug-likeness (QED) is 0.370. The van der Waals surface area contributed by atoms with Crippen LogP contribution in [-0.4, -0.2) is 15.7 Å². The number of nitrogens with zero attached hydrogens (tertiary/aromatic N) is 2. The number of carbonyl (C=O) groups is 1. The lowest BCUT2D eigenvalue weighted by Crippen LogP contribution is -2.13. The molecule has 31 heavy (non-hydrogen) atoms. The van der Waals surface area contributed by atoms with E-state index in [1.807, 2.05) is 48.5 Å². The van der Waals surface area contributed by atoms with Crippen LogP contribution in [0.15, 0.2) is 85.1 Å². The Hall–Kier alpha value is -3.28. The maximum atomic E-state index is 12.7. The first kappa shape index (κ1) is 21.0. The minimum atomic E-state index is -0.300. The third kappa shape index (κ3) is 5.45. The first-order valence-electron chi connectivity index (χ1n) is 9.63. The molecule has 1 amide bonds. The number of nitrogens with one attached hydrogen (secondary N) is 1. The van der Waals surface area contributed by atoms with Gasteiger partial charge in [0.25, 0.3) is 5.91 Å². The van der Waals surface area contributed by atoms with Crippen LogP contribution in [0.2, 0.25) is 10.0 Å². The van der Waals surface area contributed by atoms with Gasteiger partial charge in [0.1, 0.15) is 17.4 Å². The van der Waals surface area contributed by atoms with Crippen molar-refractivity contribution in [3.8, 4) is 5.75 Å². The number of hydrogen-bond acceptors (Lipinski definition) is 3. The van der Waals surface area contributed by atoms with Crippen molar-refractivity contribution in [2.45, 2.75) is 13.2 Å². The van der Waals surface area contributed by atoms with Gasteiger partial charge in [-0.05, 0) is 35.4 Å². The Morgan fingerprint density at radius 2 is 1.65 bits per heavy atom. The molecule has 4 aromatic rings. The van der Waals surface area contributed by atoms with E-state index in [0.717, 1.165) is 11.1 Å². The van der Waals surface area contributed by atoms with Crippen LogP contribution in [-0.2, 0) is 13.2 Å². The molecule has 0 bridgehead atoms. The first-order valence-corrected chi connectivity index (χ1v) is 10.4. The van der Waals surface area contributed by atoms with Gasteiger partial charge in [0.15, 0.2) is 5.82 Å². The average Bonchev–Trinajstić information content (AvgIpc) is 3.12. The summed E-state index contributed by atoms with van der Waals surface area (Å²) >= 11 is 12.4. The monoisotopic (exact) mass is 451 g/mol. The molecule has 0 aliphatic heterocycles. The molecule has 4 rings (SSSR count). The Labute approximate surface area is 190 Å². The lowest BCUT2D eigenvalue weighted by atomic mass is 10.1. The lowest BCUT2D eigenvalue weighted by Gasteiger charge is -2.09. The van der Waals surface area contributed by atoms with Crippen LogP contribution in [0.5, 0.6) is 5.75 Å². The van der Waals surface area contributed by atoms with E-state index in [-0.39, 0.29) is 12.5 Å². The van der Waals surface area contributed by atoms with Gasteiger partial charge in [-0.2, -0.15) is 5.10 Å². The standard InChI is InChI=1S/C24H19Cl2N3O2/c25-20-11-4-5-12-22(20)31-16-18-9-6-10-19(13-18)24(30)27-23-21(26)15-29(28-23)14-17-7-2-1-3-8-17/h1-13,15H,14,16H2,(H,27,28,30). The predicted molar refractivity (Wildman–Crippen MR) is 123 cm³/mol. The molecule has 1 aromatic heterocycles. The Kier molecular flexibility index (Phi) is 6.55. The van der Waals surface area contributed by atoms with E-state index in [1.165, 1.54) is 0 Å². The van der Waals surface area contributed by atoms with E-state index in [2.05, 4.69) is 10.4 Å². The minimum Gasteiger partial charge on any atom is -0.487 e. The number of halogens is 2. The van der Waals surface area contributed by atoms with Gasteiger partial charge in [-0.1, -0.05) is 77.8 Å². The molecule has 0 unspecified atom stereocenters. The van der Waals surface area contributed by atoms with E-state index in [1.54, 1.807) is 41.2 Å². The molecule has 5 nitrogen and oxygen atoms in total. The fourth-order valence-corrected chi connectivity index (χ4v) is 3.43. The molecule has 0 atom stereocenters. The zero-order valence-electron chi connectivity index (χ0n) is 16.5. The summed E-state index contributed by atoms with van der Waals surface area (Å²) in [6.07, 6.45) is 1.69. The summed E-state index contributed by atoms with van der Waals surface area (Å²) in [5.41, 5.74) is 2.41. The second kappa shape index (κ2) is 9.69. The molecule has 1 N–H and O–H groups in total. The number of para-hydroxylation sites is 1. The smallest absolute Gasteiger partial charge is 0.256 e. The highest BCUT2D eigenvalue weighted by Gasteiger charge is 2.13. The summed E-state index contributed by atoms with van der Waals surface area (Å²) in [5, 5.41) is 8.09. The summed E-state index contributed by atoms with van der Waals surface area (Å²) in [4.78, 5) is 12.7. The number of anilines is 1. The van der Waals surface area contributed by atoms with Crippen LogP contribution in [0.3, 0.4) is 0 Å². The van der Waals surface area contributed by atoms with Crippen molar-refractivity contribution < 1.29 is 9.53 Å². The Bertz CT molecular complexity index is 1190. The lowest BCUT2D eigenvalue weighted by molar-refractivity contribution is 0.102. The van der Waals surface area contributed by atoms with Gasteiger partial charge in [0.05, 0.1) is 11.6 Å². The molecular formula is C24H19Cl2N3O2. The van der Waals surface area contributed by atoms with Gasteiger partial charge in [-0.25, -0.2) is 0 Å². The second-order valence-electron chi connectivity index (χ2n) is 6.88. The second-order valence-corrected chi connectivity index (χ2v) is 7.70. The highest BCUT2D eigenvalue weighted by molar-refractivity contribution is 6.33. The maximum Gasteiger partial charge on any atom is 0.256 e. The number of rotatable bonds is 7. The molecule has 156 valence electrons. The molecule has 0 aliphatic carbocycles. The molecule has 7 heteroatoms. The molecule has 3 aromatic carbocycles. The summed E-state index contributed by atoms with van der Waals surface area (Å²) in [6.45, 7) is 0.850. The van der Waals surface area contributed by atoms with Crippen molar-refractivity contribution in [1.82, 2.24) is 9.78 Å². The molecular weight excluding hydrogens is 433 g/mol. The summed E-state index contributed by atoms with van der Waals surface area (Å²) in [6, 6.07) is 24.3. The van der Waals surface area contributed by atoms with E-state index in [0.29, 0.717) is 33.7 Å². The normalized spacial score (nSPS) is 10.6. The first-order chi connectivity index (χ1) is 15.1. The van der Waals surface area contributed by atoms with Crippen molar-refractivity contribution >= 4 is 34.9 Å². The van der Waals surface area contributed by atoms with Crippen LogP contribution >= 0.6 is 23.2 Å². The predicted octanol–water partition coefficient (Wildman–Crippen LogP) is 6.07. The van der Waals surface area contributed by atoms with Gasteiger partial charge >= 0.3 is 0 Å². The maximum absolute atomic E-state index is 12.7. The van der Waals surface area contributed by atoms with Gasteiger partial charge in [0.2, 0.25) is 0 Å². The van der Waals surface area contributed by atoms with Crippen molar-refractivity contribution in [2.24, 2.45) is 0 Å². The highest BCUT2D eigenvalue weighted by atomic mass is 35.5. The van der Waals surface area contributed by atoms with Crippen LogP contribution in [0.1, 0.15) is 21.5 Å². The third-order valence-electron chi connectivity index (χ3n) is 4.56. The van der Waals surface area contributed by atoms with E-state index in [9.17, 15) is 4.79 Å². The molecule has 0 saturated heterocycles. The number of ether oxygens (including phenoxy) is 1. The van der Waals surface area contributed by atoms with Crippen molar-refractivity contribution in [3.05, 3.63) is 112 Å². The van der Waals surface area contributed by atoms with Crippen molar-refractivity contribution in [1.29, 1.82) is 0 Å². The van der Waals surface area contributed by atoms with E-state index < -0.39 is 0 Å². The number of hydrogen-bond donors (Lipinski definition) is 1. The highest BCUT2D eigenvalue weighted by Crippen LogP contribution is 2.24. The number of aromatic nitrogens is 2. The molecule has 0 spiro atoms. The Morgan fingerprint density at radius 1 is 0.903 bits per heavy atom. The van der Waals surface area contributed by atoms with E-state index >= 15 is 0 Å². The van der Waals surface area contributed by atoms with Crippen LogP contribution in [0.4, 0.5) is 5.82 Å². The van der Waals surface area contributed by atoms with Gasteiger partial charge in [-0.3, -0.25) is 9.48 Å². The molecule has 0 fully saturated rings.